The molecule has 58 heavy (non-hydrogen) atoms. The van der Waals surface area contributed by atoms with Gasteiger partial charge in [-0.3, -0.25) is 0 Å². The Labute approximate surface area is 354 Å². The van der Waals surface area contributed by atoms with Gasteiger partial charge in [-0.15, -0.1) is 0 Å². The Morgan fingerprint density at radius 2 is 1.09 bits per heavy atom. The van der Waals surface area contributed by atoms with Crippen LogP contribution in [-0.2, 0) is 56.5 Å². The SMILES string of the molecule is CCOc1ccc(Cc2cc(C3OC(COCc4ccccc4)C(OCc4ccccc4)C(OCc4ccccc4)C3OCc3ccccc3)c(O)c(Br)c2Cl)cc1. The van der Waals surface area contributed by atoms with Gasteiger partial charge in [0.05, 0.1) is 49.1 Å². The van der Waals surface area contributed by atoms with Gasteiger partial charge in [0, 0.05) is 5.56 Å². The smallest absolute Gasteiger partial charge is 0.137 e. The molecule has 1 aliphatic rings. The molecule has 300 valence electrons. The number of aromatic hydroxyl groups is 1. The van der Waals surface area contributed by atoms with E-state index in [0.717, 1.165) is 39.1 Å². The molecule has 1 N–H and O–H groups in total. The summed E-state index contributed by atoms with van der Waals surface area (Å²) in [4.78, 5) is 0. The van der Waals surface area contributed by atoms with E-state index in [-0.39, 0.29) is 19.0 Å². The molecule has 1 fully saturated rings. The topological polar surface area (TPSA) is 75.6 Å². The molecule has 0 saturated carbocycles. The van der Waals surface area contributed by atoms with Crippen molar-refractivity contribution in [2.24, 2.45) is 0 Å². The summed E-state index contributed by atoms with van der Waals surface area (Å²) in [5, 5.41) is 12.4. The van der Waals surface area contributed by atoms with Gasteiger partial charge in [0.25, 0.3) is 0 Å². The molecule has 1 saturated heterocycles. The van der Waals surface area contributed by atoms with E-state index in [4.69, 9.17) is 40.0 Å². The van der Waals surface area contributed by atoms with Crippen molar-refractivity contribution >= 4 is 27.5 Å². The number of hydrogen-bond donors (Lipinski definition) is 1. The van der Waals surface area contributed by atoms with Gasteiger partial charge in [-0.25, -0.2) is 0 Å². The zero-order chi connectivity index (χ0) is 40.1. The number of phenolic OH excluding ortho intramolecular Hbond substituents is 1. The molecule has 9 heteroatoms. The molecule has 0 aliphatic carbocycles. The lowest BCUT2D eigenvalue weighted by Gasteiger charge is -2.46. The van der Waals surface area contributed by atoms with E-state index in [9.17, 15) is 5.11 Å². The van der Waals surface area contributed by atoms with Crippen LogP contribution in [-0.4, -0.2) is 42.7 Å². The molecule has 7 rings (SSSR count). The second-order valence-corrected chi connectivity index (χ2v) is 15.4. The fourth-order valence-corrected chi connectivity index (χ4v) is 7.86. The van der Waals surface area contributed by atoms with Crippen LogP contribution in [0.5, 0.6) is 11.5 Å². The molecule has 7 nitrogen and oxygen atoms in total. The minimum absolute atomic E-state index is 0.0341. The van der Waals surface area contributed by atoms with E-state index in [1.807, 2.05) is 159 Å². The number of benzene rings is 6. The van der Waals surface area contributed by atoms with Crippen LogP contribution in [0.2, 0.25) is 5.02 Å². The number of ether oxygens (including phenoxy) is 6. The van der Waals surface area contributed by atoms with E-state index in [0.29, 0.717) is 47.9 Å². The lowest BCUT2D eigenvalue weighted by molar-refractivity contribution is -0.275. The highest BCUT2D eigenvalue weighted by atomic mass is 79.9. The summed E-state index contributed by atoms with van der Waals surface area (Å²) in [5.41, 5.74) is 6.37. The van der Waals surface area contributed by atoms with Gasteiger partial charge in [0.1, 0.15) is 42.0 Å². The molecule has 0 spiro atoms. The first-order valence-corrected chi connectivity index (χ1v) is 20.8. The van der Waals surface area contributed by atoms with Gasteiger partial charge in [-0.05, 0) is 80.9 Å². The summed E-state index contributed by atoms with van der Waals surface area (Å²) in [6, 6.07) is 50.0. The molecule has 0 aromatic heterocycles. The molecular weight excluding hydrogens is 816 g/mol. The first-order valence-electron chi connectivity index (χ1n) is 19.6. The third-order valence-corrected chi connectivity index (χ3v) is 11.5. The van der Waals surface area contributed by atoms with Crippen molar-refractivity contribution in [3.63, 3.8) is 0 Å². The summed E-state index contributed by atoms with van der Waals surface area (Å²) in [6.07, 6.45) is -2.98. The number of hydrogen-bond acceptors (Lipinski definition) is 7. The van der Waals surface area contributed by atoms with Gasteiger partial charge in [-0.2, -0.15) is 0 Å². The van der Waals surface area contributed by atoms with E-state index >= 15 is 0 Å². The van der Waals surface area contributed by atoms with Gasteiger partial charge in [0.15, 0.2) is 0 Å². The Morgan fingerprint density at radius 1 is 0.603 bits per heavy atom. The fraction of sp³-hybridized carbons (Fsp3) is 0.265. The Hall–Kier alpha value is -4.51. The van der Waals surface area contributed by atoms with Crippen LogP contribution >= 0.6 is 27.5 Å². The first kappa shape index (κ1) is 41.6. The summed E-state index contributed by atoms with van der Waals surface area (Å²) < 4.78 is 40.3. The van der Waals surface area contributed by atoms with E-state index < -0.39 is 30.5 Å². The van der Waals surface area contributed by atoms with E-state index in [2.05, 4.69) is 15.9 Å². The Kier molecular flexibility index (Phi) is 15.0. The molecule has 1 heterocycles. The molecule has 5 atom stereocenters. The third kappa shape index (κ3) is 10.9. The predicted octanol–water partition coefficient (Wildman–Crippen LogP) is 11.2. The Balaban J connectivity index is 1.29. The van der Waals surface area contributed by atoms with E-state index in [1.54, 1.807) is 0 Å². The summed E-state index contributed by atoms with van der Waals surface area (Å²) in [7, 11) is 0. The van der Waals surface area contributed by atoms with Gasteiger partial charge in [0.2, 0.25) is 0 Å². The fourth-order valence-electron chi connectivity index (χ4n) is 7.17. The standard InChI is InChI=1S/C49H48BrClO7/c1-2-54-40-25-23-34(24-26-40)27-39-28-41(45(52)43(50)44(39)51)46-48(56-31-37-19-11-5-12-20-37)49(57-32-38-21-13-6-14-22-38)47(55-30-36-17-9-4-10-18-36)42(58-46)33-53-29-35-15-7-3-8-16-35/h3-26,28,42,46-49,52H,2,27,29-33H2,1H3. The highest BCUT2D eigenvalue weighted by Crippen LogP contribution is 2.46. The molecular formula is C49H48BrClO7. The number of phenols is 1. The molecule has 5 unspecified atom stereocenters. The van der Waals surface area contributed by atoms with Crippen molar-refractivity contribution in [1.82, 2.24) is 0 Å². The first-order chi connectivity index (χ1) is 28.5. The van der Waals surface area contributed by atoms with Crippen LogP contribution in [0, 0.1) is 0 Å². The Bertz CT molecular complexity index is 2140. The largest absolute Gasteiger partial charge is 0.506 e. The summed E-state index contributed by atoms with van der Waals surface area (Å²) in [5.74, 6) is 0.762. The maximum atomic E-state index is 12.0. The van der Waals surface area contributed by atoms with Crippen molar-refractivity contribution in [1.29, 1.82) is 0 Å². The molecule has 6 aromatic carbocycles. The van der Waals surface area contributed by atoms with Crippen molar-refractivity contribution in [3.8, 4) is 11.5 Å². The molecule has 0 bridgehead atoms. The van der Waals surface area contributed by atoms with Gasteiger partial charge >= 0.3 is 0 Å². The maximum Gasteiger partial charge on any atom is 0.137 e. The van der Waals surface area contributed by atoms with Crippen molar-refractivity contribution in [2.75, 3.05) is 13.2 Å². The molecule has 1 aliphatic heterocycles. The zero-order valence-electron chi connectivity index (χ0n) is 32.4. The monoisotopic (exact) mass is 862 g/mol. The van der Waals surface area contributed by atoms with Gasteiger partial charge in [-0.1, -0.05) is 145 Å². The molecule has 0 radical (unpaired) electrons. The van der Waals surface area contributed by atoms with E-state index in [1.165, 1.54) is 0 Å². The van der Waals surface area contributed by atoms with Crippen LogP contribution < -0.4 is 4.74 Å². The highest BCUT2D eigenvalue weighted by molar-refractivity contribution is 9.10. The highest BCUT2D eigenvalue weighted by Gasteiger charge is 2.50. The minimum atomic E-state index is -0.820. The van der Waals surface area contributed by atoms with Crippen LogP contribution in [0.4, 0.5) is 0 Å². The zero-order valence-corrected chi connectivity index (χ0v) is 34.8. The number of rotatable bonds is 18. The maximum absolute atomic E-state index is 12.0. The number of halogens is 2. The minimum Gasteiger partial charge on any atom is -0.506 e. The quantitative estimate of drug-likeness (QED) is 0.0922. The summed E-state index contributed by atoms with van der Waals surface area (Å²) in [6.45, 7) is 4.00. The Morgan fingerprint density at radius 3 is 1.60 bits per heavy atom. The lowest BCUT2D eigenvalue weighted by Crippen LogP contribution is -2.58. The third-order valence-electron chi connectivity index (χ3n) is 10.1. The normalized spacial score (nSPS) is 19.2. The van der Waals surface area contributed by atoms with Crippen LogP contribution in [0.15, 0.2) is 156 Å². The van der Waals surface area contributed by atoms with Crippen LogP contribution in [0.3, 0.4) is 0 Å². The van der Waals surface area contributed by atoms with Crippen molar-refractivity contribution < 1.29 is 33.5 Å². The van der Waals surface area contributed by atoms with Crippen molar-refractivity contribution in [2.45, 2.75) is 70.3 Å². The molecule has 6 aromatic rings. The van der Waals surface area contributed by atoms with Crippen LogP contribution in [0.1, 0.15) is 52.0 Å². The van der Waals surface area contributed by atoms with Crippen molar-refractivity contribution in [3.05, 3.63) is 200 Å². The lowest BCUT2D eigenvalue weighted by atomic mass is 9.88. The predicted molar refractivity (Wildman–Crippen MR) is 230 cm³/mol. The molecule has 0 amide bonds. The summed E-state index contributed by atoms with van der Waals surface area (Å²) >= 11 is 10.6. The second kappa shape index (κ2) is 21.0. The average molecular weight is 864 g/mol. The average Bonchev–Trinajstić information content (AvgIpc) is 3.27. The van der Waals surface area contributed by atoms with Gasteiger partial charge < -0.3 is 33.5 Å². The second-order valence-electron chi connectivity index (χ2n) is 14.2. The van der Waals surface area contributed by atoms with Crippen LogP contribution in [0.25, 0.3) is 0 Å².